The summed E-state index contributed by atoms with van der Waals surface area (Å²) < 4.78 is 1.05. The summed E-state index contributed by atoms with van der Waals surface area (Å²) >= 11 is 3.44. The first kappa shape index (κ1) is 15.5. The lowest BCUT2D eigenvalue weighted by molar-refractivity contribution is -0.127. The number of benzene rings is 1. The maximum Gasteiger partial charge on any atom is 0.223 e. The highest BCUT2D eigenvalue weighted by molar-refractivity contribution is 9.10. The zero-order valence-electron chi connectivity index (χ0n) is 12.4. The summed E-state index contributed by atoms with van der Waals surface area (Å²) in [6, 6.07) is 8.55. The van der Waals surface area contributed by atoms with E-state index in [1.807, 2.05) is 12.1 Å². The van der Waals surface area contributed by atoms with E-state index in [-0.39, 0.29) is 17.4 Å². The van der Waals surface area contributed by atoms with Crippen molar-refractivity contribution in [3.05, 3.63) is 34.3 Å². The van der Waals surface area contributed by atoms with E-state index in [1.54, 1.807) is 0 Å². The fourth-order valence-corrected chi connectivity index (χ4v) is 2.98. The molecule has 0 saturated carbocycles. The van der Waals surface area contributed by atoms with Gasteiger partial charge in [-0.25, -0.2) is 0 Å². The minimum absolute atomic E-state index is 0.126. The summed E-state index contributed by atoms with van der Waals surface area (Å²) in [5, 5.41) is 6.58. The van der Waals surface area contributed by atoms with E-state index in [0.29, 0.717) is 6.04 Å². The van der Waals surface area contributed by atoms with Gasteiger partial charge in [0.15, 0.2) is 0 Å². The fourth-order valence-electron chi connectivity index (χ4n) is 2.72. The van der Waals surface area contributed by atoms with Gasteiger partial charge in [0.2, 0.25) is 5.91 Å². The molecule has 0 bridgehead atoms. The van der Waals surface area contributed by atoms with Gasteiger partial charge in [-0.2, -0.15) is 0 Å². The van der Waals surface area contributed by atoms with Crippen molar-refractivity contribution in [2.75, 3.05) is 6.54 Å². The third-order valence-corrected chi connectivity index (χ3v) is 4.52. The highest BCUT2D eigenvalue weighted by Gasteiger charge is 2.29. The molecular weight excluding hydrogens is 316 g/mol. The molecule has 2 atom stereocenters. The van der Waals surface area contributed by atoms with Crippen molar-refractivity contribution in [1.29, 1.82) is 0 Å². The number of hydrogen-bond donors (Lipinski definition) is 2. The predicted octanol–water partition coefficient (Wildman–Crippen LogP) is 3.19. The van der Waals surface area contributed by atoms with E-state index in [4.69, 9.17) is 0 Å². The van der Waals surface area contributed by atoms with Crippen molar-refractivity contribution in [3.63, 3.8) is 0 Å². The Labute approximate surface area is 129 Å². The van der Waals surface area contributed by atoms with Crippen LogP contribution in [0.3, 0.4) is 0 Å². The molecular formula is C16H23BrN2O. The molecule has 4 heteroatoms. The molecule has 1 aliphatic rings. The molecule has 0 aromatic heterocycles. The predicted molar refractivity (Wildman–Crippen MR) is 85.5 cm³/mol. The molecule has 1 fully saturated rings. The zero-order valence-corrected chi connectivity index (χ0v) is 14.0. The quantitative estimate of drug-likeness (QED) is 0.888. The Morgan fingerprint density at radius 3 is 2.60 bits per heavy atom. The number of carbonyl (C=O) groups is 1. The minimum atomic E-state index is -0.341. The summed E-state index contributed by atoms with van der Waals surface area (Å²) in [7, 11) is 0. The van der Waals surface area contributed by atoms with Crippen LogP contribution in [0.2, 0.25) is 0 Å². The molecule has 20 heavy (non-hydrogen) atoms. The molecule has 1 saturated heterocycles. The van der Waals surface area contributed by atoms with Crippen LogP contribution in [-0.4, -0.2) is 18.5 Å². The largest absolute Gasteiger partial charge is 0.347 e. The van der Waals surface area contributed by atoms with Crippen LogP contribution >= 0.6 is 15.9 Å². The first-order valence-electron chi connectivity index (χ1n) is 7.20. The summed E-state index contributed by atoms with van der Waals surface area (Å²) in [6.07, 6.45) is 1.84. The summed E-state index contributed by atoms with van der Waals surface area (Å²) in [4.78, 5) is 12.5. The maximum absolute atomic E-state index is 12.5. The van der Waals surface area contributed by atoms with Crippen molar-refractivity contribution < 1.29 is 4.79 Å². The van der Waals surface area contributed by atoms with E-state index < -0.39 is 0 Å². The SMILES string of the molecule is CC1CC(C(=O)NC(C)(C)c2ccc(Br)cc2)CCN1. The Bertz CT molecular complexity index is 470. The number of rotatable bonds is 3. The monoisotopic (exact) mass is 338 g/mol. The minimum Gasteiger partial charge on any atom is -0.347 e. The molecule has 1 amide bonds. The number of nitrogens with one attached hydrogen (secondary N) is 2. The van der Waals surface area contributed by atoms with Gasteiger partial charge in [-0.15, -0.1) is 0 Å². The van der Waals surface area contributed by atoms with Gasteiger partial charge in [0.05, 0.1) is 5.54 Å². The molecule has 2 unspecified atom stereocenters. The van der Waals surface area contributed by atoms with E-state index >= 15 is 0 Å². The second-order valence-electron chi connectivity index (χ2n) is 6.20. The van der Waals surface area contributed by atoms with Gasteiger partial charge in [-0.3, -0.25) is 4.79 Å². The first-order valence-corrected chi connectivity index (χ1v) is 7.99. The Kier molecular flexibility index (Phi) is 4.86. The molecule has 1 heterocycles. The lowest BCUT2D eigenvalue weighted by Crippen LogP contribution is -2.48. The smallest absolute Gasteiger partial charge is 0.223 e. The van der Waals surface area contributed by atoms with Crippen molar-refractivity contribution in [2.24, 2.45) is 5.92 Å². The van der Waals surface area contributed by atoms with Crippen LogP contribution < -0.4 is 10.6 Å². The van der Waals surface area contributed by atoms with Crippen LogP contribution in [0.5, 0.6) is 0 Å². The van der Waals surface area contributed by atoms with Crippen molar-refractivity contribution in [1.82, 2.24) is 10.6 Å². The normalized spacial score (nSPS) is 23.4. The third-order valence-electron chi connectivity index (χ3n) is 4.00. The fraction of sp³-hybridized carbons (Fsp3) is 0.562. The summed E-state index contributed by atoms with van der Waals surface area (Å²) in [5.41, 5.74) is 0.780. The molecule has 0 radical (unpaired) electrons. The van der Waals surface area contributed by atoms with Gasteiger partial charge >= 0.3 is 0 Å². The highest BCUT2D eigenvalue weighted by Crippen LogP contribution is 2.24. The lowest BCUT2D eigenvalue weighted by Gasteiger charge is -2.32. The van der Waals surface area contributed by atoms with Crippen LogP contribution in [-0.2, 0) is 10.3 Å². The molecule has 1 aromatic rings. The standard InChI is InChI=1S/C16H23BrN2O/c1-11-10-12(8-9-18-11)15(20)19-16(2,3)13-4-6-14(17)7-5-13/h4-7,11-12,18H,8-10H2,1-3H3,(H,19,20). The van der Waals surface area contributed by atoms with Gasteiger partial charge in [-0.05, 0) is 57.9 Å². The molecule has 3 nitrogen and oxygen atoms in total. The van der Waals surface area contributed by atoms with Gasteiger partial charge < -0.3 is 10.6 Å². The molecule has 2 rings (SSSR count). The number of amides is 1. The van der Waals surface area contributed by atoms with Gasteiger partial charge in [0, 0.05) is 16.4 Å². The summed E-state index contributed by atoms with van der Waals surface area (Å²) in [5.74, 6) is 0.298. The Morgan fingerprint density at radius 1 is 1.35 bits per heavy atom. The average molecular weight is 339 g/mol. The van der Waals surface area contributed by atoms with E-state index in [2.05, 4.69) is 59.5 Å². The van der Waals surface area contributed by atoms with E-state index in [9.17, 15) is 4.79 Å². The zero-order chi connectivity index (χ0) is 14.8. The number of halogens is 1. The van der Waals surface area contributed by atoms with Crippen molar-refractivity contribution in [2.45, 2.75) is 45.2 Å². The van der Waals surface area contributed by atoms with Gasteiger partial charge in [0.1, 0.15) is 0 Å². The topological polar surface area (TPSA) is 41.1 Å². The molecule has 0 aliphatic carbocycles. The van der Waals surface area contributed by atoms with Crippen molar-refractivity contribution >= 4 is 21.8 Å². The molecule has 1 aromatic carbocycles. The third kappa shape index (κ3) is 3.83. The Balaban J connectivity index is 2.03. The summed E-state index contributed by atoms with van der Waals surface area (Å²) in [6.45, 7) is 7.18. The van der Waals surface area contributed by atoms with Crippen LogP contribution in [0.4, 0.5) is 0 Å². The van der Waals surface area contributed by atoms with Crippen LogP contribution in [0, 0.1) is 5.92 Å². The first-order chi connectivity index (χ1) is 9.38. The van der Waals surface area contributed by atoms with E-state index in [1.165, 1.54) is 0 Å². The van der Waals surface area contributed by atoms with Crippen LogP contribution in [0.1, 0.15) is 39.2 Å². The second kappa shape index (κ2) is 6.27. The number of hydrogen-bond acceptors (Lipinski definition) is 2. The number of carbonyl (C=O) groups excluding carboxylic acids is 1. The van der Waals surface area contributed by atoms with E-state index in [0.717, 1.165) is 29.4 Å². The second-order valence-corrected chi connectivity index (χ2v) is 7.11. The highest BCUT2D eigenvalue weighted by atomic mass is 79.9. The number of piperidine rings is 1. The Morgan fingerprint density at radius 2 is 2.00 bits per heavy atom. The molecule has 1 aliphatic heterocycles. The molecule has 0 spiro atoms. The van der Waals surface area contributed by atoms with Crippen LogP contribution in [0.25, 0.3) is 0 Å². The molecule has 110 valence electrons. The van der Waals surface area contributed by atoms with Crippen LogP contribution in [0.15, 0.2) is 28.7 Å². The maximum atomic E-state index is 12.5. The van der Waals surface area contributed by atoms with Gasteiger partial charge in [-0.1, -0.05) is 28.1 Å². The van der Waals surface area contributed by atoms with Gasteiger partial charge in [0.25, 0.3) is 0 Å². The van der Waals surface area contributed by atoms with Crippen molar-refractivity contribution in [3.8, 4) is 0 Å². The lowest BCUT2D eigenvalue weighted by atomic mass is 9.89. The Hall–Kier alpha value is -0.870. The molecule has 2 N–H and O–H groups in total. The average Bonchev–Trinajstić information content (AvgIpc) is 2.38.